The molecule has 0 heterocycles. The van der Waals surface area contributed by atoms with Gasteiger partial charge in [-0.3, -0.25) is 38.4 Å². The molecule has 0 bridgehead atoms. The summed E-state index contributed by atoms with van der Waals surface area (Å²) >= 11 is 0. The lowest BCUT2D eigenvalue weighted by Gasteiger charge is -2.23. The predicted octanol–water partition coefficient (Wildman–Crippen LogP) is 3.12. The number of rotatable bonds is 40. The third kappa shape index (κ3) is 30.4. The molecule has 0 saturated heterocycles. The second-order valence-corrected chi connectivity index (χ2v) is 17.8. The van der Waals surface area contributed by atoms with E-state index < -0.39 is 84.0 Å². The highest BCUT2D eigenvalue weighted by Gasteiger charge is 2.34. The van der Waals surface area contributed by atoms with Crippen LogP contribution in [0.1, 0.15) is 118 Å². The summed E-state index contributed by atoms with van der Waals surface area (Å²) in [6, 6.07) is 0. The van der Waals surface area contributed by atoms with Crippen LogP contribution in [0.4, 0.5) is 0 Å². The van der Waals surface area contributed by atoms with Crippen molar-refractivity contribution in [3.8, 4) is 0 Å². The molecule has 0 fully saturated rings. The molecule has 3 amide bonds. The van der Waals surface area contributed by atoms with E-state index >= 15 is 0 Å². The first-order chi connectivity index (χ1) is 30.4. The van der Waals surface area contributed by atoms with E-state index in [1.54, 1.807) is 6.92 Å². The Morgan fingerprint density at radius 3 is 1.41 bits per heavy atom. The number of carbonyl (C=O) groups excluding carboxylic acids is 8. The van der Waals surface area contributed by atoms with E-state index in [4.69, 9.17) is 9.47 Å². The summed E-state index contributed by atoms with van der Waals surface area (Å²) < 4.78 is 10.7. The van der Waals surface area contributed by atoms with Crippen molar-refractivity contribution >= 4 is 47.0 Å². The van der Waals surface area contributed by atoms with Crippen molar-refractivity contribution in [3.05, 3.63) is 0 Å². The van der Waals surface area contributed by atoms with Gasteiger partial charge in [0.15, 0.2) is 0 Å². The molecular weight excluding hydrogens is 823 g/mol. The van der Waals surface area contributed by atoms with Crippen molar-refractivity contribution in [2.75, 3.05) is 114 Å². The van der Waals surface area contributed by atoms with Crippen molar-refractivity contribution in [3.63, 3.8) is 0 Å². The van der Waals surface area contributed by atoms with Gasteiger partial charge in [0.1, 0.15) is 17.3 Å². The second-order valence-electron chi connectivity index (χ2n) is 17.8. The molecule has 0 rings (SSSR count). The van der Waals surface area contributed by atoms with Gasteiger partial charge in [-0.2, -0.15) is 0 Å². The highest BCUT2D eigenvalue weighted by atomic mass is 16.5. The summed E-state index contributed by atoms with van der Waals surface area (Å²) in [5, 5.41) is 8.56. The third-order valence-corrected chi connectivity index (χ3v) is 11.0. The molecule has 0 aliphatic heterocycles. The van der Waals surface area contributed by atoms with E-state index in [0.29, 0.717) is 51.9 Å². The monoisotopic (exact) mass is 910 g/mol. The second kappa shape index (κ2) is 36.4. The van der Waals surface area contributed by atoms with Crippen LogP contribution in [0.5, 0.6) is 0 Å². The lowest BCUT2D eigenvalue weighted by Crippen LogP contribution is -2.41. The van der Waals surface area contributed by atoms with E-state index in [1.807, 2.05) is 72.9 Å². The summed E-state index contributed by atoms with van der Waals surface area (Å²) in [6.07, 6.45) is 2.41. The van der Waals surface area contributed by atoms with Crippen LogP contribution in [0, 0.1) is 23.7 Å². The third-order valence-electron chi connectivity index (χ3n) is 11.0. The zero-order valence-electron chi connectivity index (χ0n) is 41.4. The van der Waals surface area contributed by atoms with E-state index in [9.17, 15) is 38.4 Å². The molecule has 0 aliphatic carbocycles. The van der Waals surface area contributed by atoms with Gasteiger partial charge in [-0.1, -0.05) is 47.0 Å². The number of unbranched alkanes of at least 4 members (excludes halogenated alkanes) is 3. The van der Waals surface area contributed by atoms with Crippen molar-refractivity contribution in [2.24, 2.45) is 23.7 Å². The van der Waals surface area contributed by atoms with Gasteiger partial charge in [0, 0.05) is 103 Å². The highest BCUT2D eigenvalue weighted by molar-refractivity contribution is 5.96. The zero-order chi connectivity index (χ0) is 48.5. The van der Waals surface area contributed by atoms with Crippen LogP contribution >= 0.6 is 0 Å². The van der Waals surface area contributed by atoms with Gasteiger partial charge in [0.05, 0.1) is 37.4 Å². The van der Waals surface area contributed by atoms with Crippen LogP contribution < -0.4 is 16.0 Å². The number of esters is 2. The fourth-order valence-corrected chi connectivity index (χ4v) is 6.60. The van der Waals surface area contributed by atoms with Crippen LogP contribution in [0.2, 0.25) is 0 Å². The average molecular weight is 910 g/mol. The summed E-state index contributed by atoms with van der Waals surface area (Å²) in [5.74, 6) is -8.09. The molecule has 0 aromatic heterocycles. The van der Waals surface area contributed by atoms with Gasteiger partial charge in [0.2, 0.25) is 17.7 Å². The maximum atomic E-state index is 14.2. The molecule has 0 saturated carbocycles. The molecule has 4 unspecified atom stereocenters. The fraction of sp³-hybridized carbons (Fsp3) is 0.830. The predicted molar refractivity (Wildman–Crippen MR) is 249 cm³/mol. The maximum Gasteiger partial charge on any atom is 0.309 e. The Morgan fingerprint density at radius 2 is 0.906 bits per heavy atom. The van der Waals surface area contributed by atoms with Crippen LogP contribution in [0.3, 0.4) is 0 Å². The van der Waals surface area contributed by atoms with Crippen LogP contribution in [-0.4, -0.2) is 181 Å². The fourth-order valence-electron chi connectivity index (χ4n) is 6.60. The molecule has 0 radical (unpaired) electrons. The molecular formula is C47H87N7O10. The number of hydrogen-bond donors (Lipinski definition) is 3. The molecule has 370 valence electrons. The number of nitrogens with zero attached hydrogens (tertiary/aromatic N) is 4. The Kier molecular flexibility index (Phi) is 34.3. The van der Waals surface area contributed by atoms with Crippen molar-refractivity contribution in [1.29, 1.82) is 0 Å². The summed E-state index contributed by atoms with van der Waals surface area (Å²) in [5.41, 5.74) is 0. The van der Waals surface area contributed by atoms with Gasteiger partial charge >= 0.3 is 11.9 Å². The van der Waals surface area contributed by atoms with Gasteiger partial charge in [0.25, 0.3) is 0 Å². The Morgan fingerprint density at radius 1 is 0.453 bits per heavy atom. The van der Waals surface area contributed by atoms with Gasteiger partial charge in [-0.25, -0.2) is 0 Å². The first kappa shape index (κ1) is 60.2. The standard InChI is InChI=1S/C47H87N7O10/c1-11-15-18-49-46(61)39(34-43(58)48-19-21-53(9)25-23-51(5)6)32-41(56)31-38(45(60)50-20-22-54(10)26-24-52(7)8)33-42(57)37(35-44(59)63-27-16-12-2)30-40(55)29-36(14-4)47(62)64-28-17-13-3/h36-39H,11-35H2,1-10H3,(H,48,58)(H,49,61)(H,50,60). The Labute approximate surface area is 385 Å². The highest BCUT2D eigenvalue weighted by Crippen LogP contribution is 2.24. The first-order valence-corrected chi connectivity index (χ1v) is 23.7. The summed E-state index contributed by atoms with van der Waals surface area (Å²) in [6.45, 7) is 13.3. The molecule has 3 N–H and O–H groups in total. The average Bonchev–Trinajstić information content (AvgIpc) is 3.23. The van der Waals surface area contributed by atoms with Crippen LogP contribution in [0.25, 0.3) is 0 Å². The largest absolute Gasteiger partial charge is 0.466 e. The van der Waals surface area contributed by atoms with Gasteiger partial charge in [-0.15, -0.1) is 0 Å². The number of ketones is 3. The van der Waals surface area contributed by atoms with Crippen LogP contribution in [-0.2, 0) is 47.8 Å². The van der Waals surface area contributed by atoms with Crippen molar-refractivity contribution in [1.82, 2.24) is 35.6 Å². The summed E-state index contributed by atoms with van der Waals surface area (Å²) in [7, 11) is 11.8. The number of hydrogen-bond acceptors (Lipinski definition) is 14. The Bertz CT molecular complexity index is 1400. The lowest BCUT2D eigenvalue weighted by atomic mass is 9.83. The number of likely N-dealkylation sites (N-methyl/N-ethyl adjacent to an activating group) is 4. The molecule has 17 heteroatoms. The van der Waals surface area contributed by atoms with Gasteiger partial charge in [-0.05, 0) is 68.0 Å². The minimum atomic E-state index is -1.19. The van der Waals surface area contributed by atoms with Crippen molar-refractivity contribution < 1.29 is 47.8 Å². The number of nitrogens with one attached hydrogen (secondary N) is 3. The topological polar surface area (TPSA) is 204 Å². The van der Waals surface area contributed by atoms with Crippen LogP contribution in [0.15, 0.2) is 0 Å². The smallest absolute Gasteiger partial charge is 0.309 e. The Hall–Kier alpha value is -3.80. The Balaban J connectivity index is 6.42. The van der Waals surface area contributed by atoms with Gasteiger partial charge < -0.3 is 45.0 Å². The summed E-state index contributed by atoms with van der Waals surface area (Å²) in [4.78, 5) is 116. The number of Topliss-reactive ketones (excluding diaryl/α,β-unsaturated/α-hetero) is 3. The first-order valence-electron chi connectivity index (χ1n) is 23.7. The SMILES string of the molecule is CCCCNC(=O)C(CC(=O)CC(CC(=O)C(CC(=O)CC(CC)C(=O)OCCCC)CC(=O)OCCCC)C(=O)NCCN(C)CCN(C)C)CC(=O)NCCN(C)CCN(C)C. The van der Waals surface area contributed by atoms with E-state index in [1.165, 1.54) is 0 Å². The molecule has 64 heavy (non-hydrogen) atoms. The quantitative estimate of drug-likeness (QED) is 0.0598. The number of ether oxygens (including phenoxy) is 2. The molecule has 0 aromatic rings. The molecule has 17 nitrogen and oxygen atoms in total. The molecule has 4 atom stereocenters. The van der Waals surface area contributed by atoms with Crippen molar-refractivity contribution in [2.45, 2.75) is 118 Å². The minimum absolute atomic E-state index is 0.146. The normalized spacial score (nSPS) is 13.3. The lowest BCUT2D eigenvalue weighted by molar-refractivity contribution is -0.151. The molecule has 0 aliphatic rings. The maximum absolute atomic E-state index is 14.2. The van der Waals surface area contributed by atoms with E-state index in [0.717, 1.165) is 45.4 Å². The number of amides is 3. The minimum Gasteiger partial charge on any atom is -0.466 e. The van der Waals surface area contributed by atoms with E-state index in [-0.39, 0.29) is 51.3 Å². The zero-order valence-corrected chi connectivity index (χ0v) is 41.4. The molecule has 0 aromatic carbocycles. The van der Waals surface area contributed by atoms with E-state index in [2.05, 4.69) is 25.8 Å². The number of carbonyl (C=O) groups is 8. The molecule has 0 spiro atoms.